The molecule has 10 nitrogen and oxygen atoms in total. The van der Waals surface area contributed by atoms with Gasteiger partial charge < -0.3 is 35.0 Å². The molecule has 3 aromatic rings. The maximum absolute atomic E-state index is 13.6. The number of fused-ring (bicyclic) bond motifs is 2. The highest BCUT2D eigenvalue weighted by atomic mass is 16.5. The SMILES string of the molecule is COCCN=Cc1c(O)c(O)c(C(C)C)c2cc(C)c(-c3c(C)cc4c(c3O)C(C=NCCOC)C(=O)C(O)=C4C(C)C)c(O)c12. The lowest BCUT2D eigenvalue weighted by atomic mass is 9.74. The molecule has 0 amide bonds. The number of benzene rings is 3. The zero-order chi connectivity index (χ0) is 34.0. The Kier molecular flexibility index (Phi) is 10.4. The summed E-state index contributed by atoms with van der Waals surface area (Å²) >= 11 is 0. The van der Waals surface area contributed by atoms with Crippen molar-refractivity contribution in [1.82, 2.24) is 0 Å². The highest BCUT2D eigenvalue weighted by Gasteiger charge is 2.38. The van der Waals surface area contributed by atoms with Crippen LogP contribution < -0.4 is 0 Å². The minimum absolute atomic E-state index is 0.120. The van der Waals surface area contributed by atoms with E-state index in [9.17, 15) is 30.3 Å². The Morgan fingerprint density at radius 3 is 1.98 bits per heavy atom. The lowest BCUT2D eigenvalue weighted by Gasteiger charge is -2.29. The van der Waals surface area contributed by atoms with Crippen molar-refractivity contribution in [2.75, 3.05) is 40.5 Å². The molecule has 0 fully saturated rings. The number of phenols is 4. The number of rotatable bonds is 11. The van der Waals surface area contributed by atoms with Crippen LogP contribution in [0.3, 0.4) is 0 Å². The van der Waals surface area contributed by atoms with Crippen LogP contribution in [0, 0.1) is 19.8 Å². The van der Waals surface area contributed by atoms with Gasteiger partial charge in [-0.2, -0.15) is 0 Å². The first-order valence-electron chi connectivity index (χ1n) is 15.4. The van der Waals surface area contributed by atoms with Gasteiger partial charge in [0.25, 0.3) is 0 Å². The monoisotopic (exact) mass is 632 g/mol. The van der Waals surface area contributed by atoms with Gasteiger partial charge in [-0.15, -0.1) is 0 Å². The second-order valence-corrected chi connectivity index (χ2v) is 12.2. The molecule has 1 atom stereocenters. The number of aromatic hydroxyl groups is 4. The molecule has 1 aliphatic carbocycles. The smallest absolute Gasteiger partial charge is 0.210 e. The molecule has 46 heavy (non-hydrogen) atoms. The van der Waals surface area contributed by atoms with Crippen molar-refractivity contribution >= 4 is 34.6 Å². The third-order valence-electron chi connectivity index (χ3n) is 8.43. The number of hydrogen-bond acceptors (Lipinski definition) is 10. The number of allylic oxidation sites excluding steroid dienone is 2. The van der Waals surface area contributed by atoms with Gasteiger partial charge in [-0.05, 0) is 47.8 Å². The fraction of sp³-hybridized carbons (Fsp3) is 0.417. The third kappa shape index (κ3) is 5.94. The van der Waals surface area contributed by atoms with E-state index >= 15 is 0 Å². The fourth-order valence-electron chi connectivity index (χ4n) is 6.37. The van der Waals surface area contributed by atoms with Crippen molar-refractivity contribution in [3.8, 4) is 34.1 Å². The molecule has 10 heteroatoms. The summed E-state index contributed by atoms with van der Waals surface area (Å²) in [5, 5.41) is 58.2. The standard InChI is InChI=1S/C36H44N2O8/c1-17(2)25-21-13-19(5)27(33(41)29(21)23(31(39)35(25)43)15-37-9-11-45-7)28-20(6)14-22-26(18(3)4)36(44)32(40)24(30(22)34(28)42)16-38-10-12-46-8/h13-18,23,40-44H,9-12H2,1-8H3. The molecule has 0 radical (unpaired) electrons. The first kappa shape index (κ1) is 34.5. The van der Waals surface area contributed by atoms with Gasteiger partial charge in [0.2, 0.25) is 5.78 Å². The Balaban J connectivity index is 2.12. The number of methoxy groups -OCH3 is 2. The third-order valence-corrected chi connectivity index (χ3v) is 8.43. The fourth-order valence-corrected chi connectivity index (χ4v) is 6.37. The summed E-state index contributed by atoms with van der Waals surface area (Å²) in [7, 11) is 3.09. The number of Topliss-reactive ketones (excluding diaryl/α,β-unsaturated/α-hetero) is 1. The summed E-state index contributed by atoms with van der Waals surface area (Å²) in [4.78, 5) is 22.2. The van der Waals surface area contributed by atoms with Crippen LogP contribution in [0.4, 0.5) is 0 Å². The molecule has 4 rings (SSSR count). The quantitative estimate of drug-likeness (QED) is 0.0916. The van der Waals surface area contributed by atoms with Crippen LogP contribution in [0.15, 0.2) is 27.9 Å². The molecule has 0 saturated heterocycles. The van der Waals surface area contributed by atoms with E-state index in [1.54, 1.807) is 28.1 Å². The molecular weight excluding hydrogens is 588 g/mol. The molecule has 0 bridgehead atoms. The zero-order valence-electron chi connectivity index (χ0n) is 27.7. The van der Waals surface area contributed by atoms with Crippen LogP contribution in [0.1, 0.15) is 72.9 Å². The minimum atomic E-state index is -1.08. The van der Waals surface area contributed by atoms with E-state index in [1.165, 1.54) is 12.4 Å². The molecular formula is C36H44N2O8. The van der Waals surface area contributed by atoms with Crippen molar-refractivity contribution in [2.24, 2.45) is 15.9 Å². The second kappa shape index (κ2) is 13.9. The van der Waals surface area contributed by atoms with E-state index in [0.717, 1.165) is 0 Å². The normalized spacial score (nSPS) is 15.4. The molecule has 3 aromatic carbocycles. The average molecular weight is 633 g/mol. The van der Waals surface area contributed by atoms with Crippen molar-refractivity contribution in [3.63, 3.8) is 0 Å². The van der Waals surface area contributed by atoms with Crippen LogP contribution in [-0.2, 0) is 14.3 Å². The molecule has 246 valence electrons. The molecule has 5 N–H and O–H groups in total. The number of phenolic OH excluding ortho intramolecular Hbond substituents is 4. The maximum atomic E-state index is 13.6. The Hall–Kier alpha value is -4.41. The summed E-state index contributed by atoms with van der Waals surface area (Å²) in [5.41, 5.74) is 3.58. The number of aliphatic hydroxyl groups excluding tert-OH is 1. The number of carbonyl (C=O) groups is 1. The summed E-state index contributed by atoms with van der Waals surface area (Å²) in [5.74, 6) is -3.64. The van der Waals surface area contributed by atoms with Crippen LogP contribution in [0.5, 0.6) is 23.0 Å². The first-order valence-corrected chi connectivity index (χ1v) is 15.4. The van der Waals surface area contributed by atoms with Gasteiger partial charge in [-0.3, -0.25) is 14.8 Å². The molecule has 0 heterocycles. The van der Waals surface area contributed by atoms with E-state index in [1.807, 2.05) is 39.8 Å². The Labute approximate surface area is 269 Å². The molecule has 0 aromatic heterocycles. The Morgan fingerprint density at radius 1 is 0.804 bits per heavy atom. The van der Waals surface area contributed by atoms with Crippen molar-refractivity contribution < 1.29 is 39.8 Å². The molecule has 0 spiro atoms. The van der Waals surface area contributed by atoms with Gasteiger partial charge in [-0.25, -0.2) is 0 Å². The summed E-state index contributed by atoms with van der Waals surface area (Å²) in [6.07, 6.45) is 2.82. The van der Waals surface area contributed by atoms with Gasteiger partial charge in [0.05, 0.1) is 32.2 Å². The van der Waals surface area contributed by atoms with Crippen molar-refractivity contribution in [2.45, 2.75) is 53.4 Å². The predicted molar refractivity (Wildman–Crippen MR) is 181 cm³/mol. The van der Waals surface area contributed by atoms with Gasteiger partial charge in [0, 0.05) is 65.4 Å². The van der Waals surface area contributed by atoms with Crippen molar-refractivity contribution in [3.05, 3.63) is 51.3 Å². The molecule has 1 unspecified atom stereocenters. The number of aliphatic hydroxyl groups is 1. The van der Waals surface area contributed by atoms with Crippen LogP contribution >= 0.6 is 0 Å². The first-order chi connectivity index (χ1) is 21.8. The Bertz CT molecular complexity index is 1770. The summed E-state index contributed by atoms with van der Waals surface area (Å²) < 4.78 is 10.2. The number of ether oxygens (including phenoxy) is 2. The number of aliphatic imine (C=N–C) groups is 2. The number of hydrogen-bond donors (Lipinski definition) is 5. The van der Waals surface area contributed by atoms with E-state index in [2.05, 4.69) is 9.98 Å². The highest BCUT2D eigenvalue weighted by molar-refractivity contribution is 6.17. The topological polar surface area (TPSA) is 161 Å². The number of ketones is 1. The summed E-state index contributed by atoms with van der Waals surface area (Å²) in [6.45, 7) is 12.3. The maximum Gasteiger partial charge on any atom is 0.210 e. The largest absolute Gasteiger partial charge is 0.507 e. The van der Waals surface area contributed by atoms with Crippen LogP contribution in [-0.4, -0.2) is 84.3 Å². The highest BCUT2D eigenvalue weighted by Crippen LogP contribution is 2.54. The van der Waals surface area contributed by atoms with Crippen LogP contribution in [0.2, 0.25) is 0 Å². The van der Waals surface area contributed by atoms with E-state index in [0.29, 0.717) is 57.6 Å². The average Bonchev–Trinajstić information content (AvgIpc) is 2.98. The zero-order valence-corrected chi connectivity index (χ0v) is 27.7. The molecule has 0 saturated carbocycles. The number of aryl methyl sites for hydroxylation is 2. The molecule has 0 aliphatic heterocycles. The van der Waals surface area contributed by atoms with Gasteiger partial charge >= 0.3 is 0 Å². The number of nitrogens with zero attached hydrogens (tertiary/aromatic N) is 2. The molecule has 1 aliphatic rings. The second-order valence-electron chi connectivity index (χ2n) is 12.2. The Morgan fingerprint density at radius 2 is 1.39 bits per heavy atom. The predicted octanol–water partition coefficient (Wildman–Crippen LogP) is 6.44. The van der Waals surface area contributed by atoms with Crippen LogP contribution in [0.25, 0.3) is 27.5 Å². The van der Waals surface area contributed by atoms with E-state index < -0.39 is 17.5 Å². The minimum Gasteiger partial charge on any atom is -0.507 e. The van der Waals surface area contributed by atoms with E-state index in [-0.39, 0.29) is 64.4 Å². The van der Waals surface area contributed by atoms with Gasteiger partial charge in [0.1, 0.15) is 11.5 Å². The summed E-state index contributed by atoms with van der Waals surface area (Å²) in [6, 6.07) is 3.62. The van der Waals surface area contributed by atoms with Crippen molar-refractivity contribution in [1.29, 1.82) is 0 Å². The van der Waals surface area contributed by atoms with E-state index in [4.69, 9.17) is 9.47 Å². The lowest BCUT2D eigenvalue weighted by Crippen LogP contribution is -2.25. The lowest BCUT2D eigenvalue weighted by molar-refractivity contribution is -0.118. The number of carbonyl (C=O) groups excluding carboxylic acids is 1. The van der Waals surface area contributed by atoms with Gasteiger partial charge in [-0.1, -0.05) is 39.8 Å². The van der Waals surface area contributed by atoms with Gasteiger partial charge in [0.15, 0.2) is 17.3 Å².